The number of benzene rings is 1. The Hall–Kier alpha value is -2.14. The summed E-state index contributed by atoms with van der Waals surface area (Å²) in [5.74, 6) is -0.134. The van der Waals surface area contributed by atoms with E-state index in [1.165, 1.54) is 0 Å². The number of carboxylic acid groups (broad SMARTS) is 1. The monoisotopic (exact) mass is 272 g/mol. The average molecular weight is 272 g/mol. The molecule has 0 amide bonds. The minimum atomic E-state index is -0.964. The van der Waals surface area contributed by atoms with Gasteiger partial charge in [-0.25, -0.2) is 9.78 Å². The van der Waals surface area contributed by atoms with Crippen LogP contribution in [0.2, 0.25) is 0 Å². The number of aryl methyl sites for hydroxylation is 1. The number of aliphatic hydroxyl groups is 1. The van der Waals surface area contributed by atoms with Crippen molar-refractivity contribution < 1.29 is 15.0 Å². The fourth-order valence-corrected chi connectivity index (χ4v) is 2.78. The number of imidazole rings is 1. The second-order valence-electron chi connectivity index (χ2n) is 4.95. The molecule has 0 atom stereocenters. The van der Waals surface area contributed by atoms with Crippen LogP contribution in [0, 0.1) is 0 Å². The lowest BCUT2D eigenvalue weighted by atomic mass is 10.0. The molecule has 0 aliphatic carbocycles. The summed E-state index contributed by atoms with van der Waals surface area (Å²) in [6.45, 7) is 0.572. The number of carbonyl (C=O) groups is 1. The van der Waals surface area contributed by atoms with Crippen LogP contribution < -0.4 is 0 Å². The van der Waals surface area contributed by atoms with Crippen molar-refractivity contribution >= 4 is 5.97 Å². The van der Waals surface area contributed by atoms with E-state index in [9.17, 15) is 15.0 Å². The number of rotatable bonds is 3. The Balaban J connectivity index is 2.23. The lowest BCUT2D eigenvalue weighted by Gasteiger charge is -2.14. The van der Waals surface area contributed by atoms with Crippen molar-refractivity contribution in [1.29, 1.82) is 0 Å². The lowest BCUT2D eigenvalue weighted by molar-refractivity contribution is 0.0684. The molecule has 5 heteroatoms. The molecule has 0 unspecified atom stereocenters. The summed E-state index contributed by atoms with van der Waals surface area (Å²) in [6, 6.07) is 7.26. The Morgan fingerprint density at radius 2 is 2.10 bits per heavy atom. The van der Waals surface area contributed by atoms with E-state index in [0.29, 0.717) is 23.4 Å². The zero-order chi connectivity index (χ0) is 14.1. The maximum Gasteiger partial charge on any atom is 0.354 e. The van der Waals surface area contributed by atoms with Crippen LogP contribution in [-0.2, 0) is 19.6 Å². The fourth-order valence-electron chi connectivity index (χ4n) is 2.78. The minimum Gasteiger partial charge on any atom is -0.477 e. The van der Waals surface area contributed by atoms with Gasteiger partial charge in [0.15, 0.2) is 5.69 Å². The maximum atomic E-state index is 11.6. The molecule has 1 aromatic heterocycles. The number of nitrogens with zero attached hydrogens (tertiary/aromatic N) is 2. The van der Waals surface area contributed by atoms with Crippen molar-refractivity contribution in [3.8, 4) is 11.3 Å². The molecule has 1 aromatic carbocycles. The van der Waals surface area contributed by atoms with Crippen molar-refractivity contribution in [2.24, 2.45) is 0 Å². The zero-order valence-electron chi connectivity index (χ0n) is 11.0. The Morgan fingerprint density at radius 3 is 2.85 bits per heavy atom. The lowest BCUT2D eigenvalue weighted by Crippen LogP contribution is -2.16. The quantitative estimate of drug-likeness (QED) is 0.897. The summed E-state index contributed by atoms with van der Waals surface area (Å²) < 4.78 is 1.80. The van der Waals surface area contributed by atoms with Crippen LogP contribution >= 0.6 is 0 Å². The molecule has 0 spiro atoms. The molecule has 2 heterocycles. The van der Waals surface area contributed by atoms with Crippen molar-refractivity contribution in [2.45, 2.75) is 32.4 Å². The topological polar surface area (TPSA) is 75.3 Å². The molecule has 1 aliphatic heterocycles. The first-order valence-electron chi connectivity index (χ1n) is 6.74. The van der Waals surface area contributed by atoms with Crippen LogP contribution in [0.1, 0.15) is 34.7 Å². The summed E-state index contributed by atoms with van der Waals surface area (Å²) in [5.41, 5.74) is 2.11. The van der Waals surface area contributed by atoms with Gasteiger partial charge in [-0.1, -0.05) is 24.3 Å². The van der Waals surface area contributed by atoms with Gasteiger partial charge in [-0.05, 0) is 18.4 Å². The van der Waals surface area contributed by atoms with E-state index < -0.39 is 5.97 Å². The second-order valence-corrected chi connectivity index (χ2v) is 4.95. The highest BCUT2D eigenvalue weighted by Crippen LogP contribution is 2.30. The zero-order valence-corrected chi connectivity index (χ0v) is 11.0. The van der Waals surface area contributed by atoms with E-state index in [2.05, 4.69) is 4.98 Å². The van der Waals surface area contributed by atoms with Gasteiger partial charge >= 0.3 is 5.97 Å². The van der Waals surface area contributed by atoms with E-state index in [1.54, 1.807) is 10.6 Å². The summed E-state index contributed by atoms with van der Waals surface area (Å²) in [4.78, 5) is 16.1. The number of carboxylic acids is 1. The number of aromatic carboxylic acids is 1. The standard InChI is InChI=1S/C15H16N2O3/c18-9-10-5-1-2-6-11(10)13-14(15(19)20)17-8-4-3-7-12(17)16-13/h1-2,5-6,18H,3-4,7-9H2,(H,19,20). The van der Waals surface area contributed by atoms with Gasteiger partial charge in [0.25, 0.3) is 0 Å². The first-order valence-corrected chi connectivity index (χ1v) is 6.74. The van der Waals surface area contributed by atoms with Crippen LogP contribution in [0.4, 0.5) is 0 Å². The van der Waals surface area contributed by atoms with Gasteiger partial charge in [-0.15, -0.1) is 0 Å². The molecule has 20 heavy (non-hydrogen) atoms. The number of aromatic nitrogens is 2. The Labute approximate surface area is 116 Å². The minimum absolute atomic E-state index is 0.128. The average Bonchev–Trinajstić information content (AvgIpc) is 2.86. The molecule has 3 rings (SSSR count). The van der Waals surface area contributed by atoms with E-state index in [1.807, 2.05) is 18.2 Å². The van der Waals surface area contributed by atoms with Gasteiger partial charge in [0.05, 0.1) is 6.61 Å². The molecule has 2 aromatic rings. The predicted molar refractivity (Wildman–Crippen MR) is 73.5 cm³/mol. The number of hydrogen-bond acceptors (Lipinski definition) is 3. The van der Waals surface area contributed by atoms with Gasteiger partial charge in [0, 0.05) is 18.5 Å². The van der Waals surface area contributed by atoms with Crippen molar-refractivity contribution in [1.82, 2.24) is 9.55 Å². The molecular weight excluding hydrogens is 256 g/mol. The number of hydrogen-bond donors (Lipinski definition) is 2. The van der Waals surface area contributed by atoms with Gasteiger partial charge in [0.1, 0.15) is 11.5 Å². The summed E-state index contributed by atoms with van der Waals surface area (Å²) in [5, 5.41) is 18.9. The fraction of sp³-hybridized carbons (Fsp3) is 0.333. The van der Waals surface area contributed by atoms with E-state index >= 15 is 0 Å². The maximum absolute atomic E-state index is 11.6. The summed E-state index contributed by atoms with van der Waals surface area (Å²) in [7, 11) is 0. The molecule has 0 radical (unpaired) electrons. The Bertz CT molecular complexity index is 661. The molecule has 0 bridgehead atoms. The molecule has 0 saturated heterocycles. The van der Waals surface area contributed by atoms with Crippen LogP contribution in [0.15, 0.2) is 24.3 Å². The predicted octanol–water partition coefficient (Wildman–Crippen LogP) is 2.08. The van der Waals surface area contributed by atoms with E-state index in [0.717, 1.165) is 25.1 Å². The van der Waals surface area contributed by atoms with Crippen LogP contribution in [0.25, 0.3) is 11.3 Å². The van der Waals surface area contributed by atoms with Crippen molar-refractivity contribution in [2.75, 3.05) is 0 Å². The van der Waals surface area contributed by atoms with E-state index in [-0.39, 0.29) is 12.3 Å². The molecule has 5 nitrogen and oxygen atoms in total. The third kappa shape index (κ3) is 2.00. The smallest absolute Gasteiger partial charge is 0.354 e. The molecular formula is C15H16N2O3. The molecule has 2 N–H and O–H groups in total. The van der Waals surface area contributed by atoms with Crippen molar-refractivity contribution in [3.05, 3.63) is 41.3 Å². The SMILES string of the molecule is O=C(O)c1c(-c2ccccc2CO)nc2n1CCCC2. The van der Waals surface area contributed by atoms with Gasteiger partial charge < -0.3 is 14.8 Å². The molecule has 0 saturated carbocycles. The largest absolute Gasteiger partial charge is 0.477 e. The molecule has 1 aliphatic rings. The second kappa shape index (κ2) is 5.09. The highest BCUT2D eigenvalue weighted by atomic mass is 16.4. The van der Waals surface area contributed by atoms with Crippen LogP contribution in [0.3, 0.4) is 0 Å². The van der Waals surface area contributed by atoms with Gasteiger partial charge in [-0.3, -0.25) is 0 Å². The third-order valence-corrected chi connectivity index (χ3v) is 3.72. The van der Waals surface area contributed by atoms with Gasteiger partial charge in [0.2, 0.25) is 0 Å². The van der Waals surface area contributed by atoms with Gasteiger partial charge in [-0.2, -0.15) is 0 Å². The number of aliphatic hydroxyl groups excluding tert-OH is 1. The first-order chi connectivity index (χ1) is 9.72. The highest BCUT2D eigenvalue weighted by molar-refractivity contribution is 5.94. The van der Waals surface area contributed by atoms with E-state index in [4.69, 9.17) is 0 Å². The molecule has 0 fully saturated rings. The summed E-state index contributed by atoms with van der Waals surface area (Å²) >= 11 is 0. The Kier molecular flexibility index (Phi) is 3.28. The third-order valence-electron chi connectivity index (χ3n) is 3.72. The highest BCUT2D eigenvalue weighted by Gasteiger charge is 2.26. The Morgan fingerprint density at radius 1 is 1.30 bits per heavy atom. The summed E-state index contributed by atoms with van der Waals surface area (Å²) in [6.07, 6.45) is 2.82. The molecule has 104 valence electrons. The van der Waals surface area contributed by atoms with Crippen molar-refractivity contribution in [3.63, 3.8) is 0 Å². The number of fused-ring (bicyclic) bond motifs is 1. The van der Waals surface area contributed by atoms with Crippen LogP contribution in [0.5, 0.6) is 0 Å². The first kappa shape index (κ1) is 12.9. The normalized spacial score (nSPS) is 14.1. The van der Waals surface area contributed by atoms with Crippen LogP contribution in [-0.4, -0.2) is 25.7 Å².